The van der Waals surface area contributed by atoms with E-state index >= 15 is 0 Å². The average molecular weight is 444 g/mol. The molecule has 1 aliphatic heterocycles. The van der Waals surface area contributed by atoms with E-state index in [2.05, 4.69) is 15.1 Å². The average Bonchev–Trinajstić information content (AvgIpc) is 3.24. The summed E-state index contributed by atoms with van der Waals surface area (Å²) in [6.07, 6.45) is 7.72. The Morgan fingerprint density at radius 1 is 1.27 bits per heavy atom. The van der Waals surface area contributed by atoms with Gasteiger partial charge in [-0.25, -0.2) is 18.4 Å². The number of hydrogen-bond donors (Lipinski definition) is 0. The second-order valence-corrected chi connectivity index (χ2v) is 9.73. The van der Waals surface area contributed by atoms with Gasteiger partial charge in [-0.3, -0.25) is 9.29 Å². The van der Waals surface area contributed by atoms with Gasteiger partial charge in [0.1, 0.15) is 23.0 Å². The van der Waals surface area contributed by atoms with Gasteiger partial charge in [0, 0.05) is 37.1 Å². The summed E-state index contributed by atoms with van der Waals surface area (Å²) in [5, 5.41) is 5.07. The van der Waals surface area contributed by atoms with Crippen molar-refractivity contribution in [2.24, 2.45) is 5.16 Å². The summed E-state index contributed by atoms with van der Waals surface area (Å²) in [5.74, 6) is 0. The molecule has 30 heavy (non-hydrogen) atoms. The Kier molecular flexibility index (Phi) is 5.78. The van der Waals surface area contributed by atoms with Crippen LogP contribution in [-0.4, -0.2) is 48.5 Å². The number of sulfonamides is 1. The molecule has 0 fully saturated rings. The zero-order valence-electron chi connectivity index (χ0n) is 16.6. The molecule has 0 N–H and O–H groups in total. The Hall–Kier alpha value is -2.85. The van der Waals surface area contributed by atoms with Gasteiger partial charge in [-0.2, -0.15) is 0 Å². The summed E-state index contributed by atoms with van der Waals surface area (Å²) in [6, 6.07) is 7.41. The SMILES string of the molecule is CCCON=C1CCN(S(C)(=O)=O)c2ccc(-c3cnc(-c4cccnc4)s3)nc21. The van der Waals surface area contributed by atoms with E-state index < -0.39 is 10.0 Å². The lowest BCUT2D eigenvalue weighted by Gasteiger charge is -2.29. The fraction of sp³-hybridized carbons (Fsp3) is 0.300. The molecule has 0 atom stereocenters. The predicted molar refractivity (Wildman–Crippen MR) is 118 cm³/mol. The van der Waals surface area contributed by atoms with E-state index in [1.165, 1.54) is 21.9 Å². The minimum Gasteiger partial charge on any atom is -0.396 e. The fourth-order valence-electron chi connectivity index (χ4n) is 3.11. The first-order valence-corrected chi connectivity index (χ1v) is 12.2. The normalized spacial score (nSPS) is 15.3. The smallest absolute Gasteiger partial charge is 0.232 e. The van der Waals surface area contributed by atoms with Crippen molar-refractivity contribution in [3.8, 4) is 21.1 Å². The number of anilines is 1. The van der Waals surface area contributed by atoms with Crippen LogP contribution in [0, 0.1) is 0 Å². The standard InChI is InChI=1S/C20H21N5O3S2/c1-3-11-28-24-16-8-10-25(30(2,26)27)17-7-6-15(23-19(16)17)18-13-22-20(29-18)14-5-4-9-21-12-14/h4-7,9,12-13H,3,8,10-11H2,1-2H3. The van der Waals surface area contributed by atoms with Gasteiger partial charge in [0.25, 0.3) is 0 Å². The quantitative estimate of drug-likeness (QED) is 0.427. The third-order valence-electron chi connectivity index (χ3n) is 4.50. The van der Waals surface area contributed by atoms with Crippen molar-refractivity contribution in [3.63, 3.8) is 0 Å². The van der Waals surface area contributed by atoms with Gasteiger partial charge in [0.05, 0.1) is 22.5 Å². The number of pyridine rings is 2. The summed E-state index contributed by atoms with van der Waals surface area (Å²) in [7, 11) is -3.42. The maximum absolute atomic E-state index is 12.2. The molecule has 8 nitrogen and oxygen atoms in total. The van der Waals surface area contributed by atoms with Gasteiger partial charge in [0.15, 0.2) is 0 Å². The summed E-state index contributed by atoms with van der Waals surface area (Å²) in [4.78, 5) is 19.6. The number of oxime groups is 1. The maximum atomic E-state index is 12.2. The summed E-state index contributed by atoms with van der Waals surface area (Å²) in [6.45, 7) is 2.81. The lowest BCUT2D eigenvalue weighted by Crippen LogP contribution is -2.37. The van der Waals surface area contributed by atoms with Crippen molar-refractivity contribution >= 4 is 32.8 Å². The first kappa shape index (κ1) is 20.4. The van der Waals surface area contributed by atoms with E-state index in [1.807, 2.05) is 25.1 Å². The van der Waals surface area contributed by atoms with E-state index in [0.717, 1.165) is 21.9 Å². The van der Waals surface area contributed by atoms with Crippen LogP contribution in [0.2, 0.25) is 0 Å². The molecule has 0 unspecified atom stereocenters. The largest absolute Gasteiger partial charge is 0.396 e. The van der Waals surface area contributed by atoms with Crippen molar-refractivity contribution in [2.75, 3.05) is 23.7 Å². The number of thiazole rings is 1. The first-order chi connectivity index (χ1) is 14.5. The van der Waals surface area contributed by atoms with E-state index in [0.29, 0.717) is 42.4 Å². The number of fused-ring (bicyclic) bond motifs is 1. The minimum atomic E-state index is -3.42. The Morgan fingerprint density at radius 3 is 2.87 bits per heavy atom. The summed E-state index contributed by atoms with van der Waals surface area (Å²) >= 11 is 1.50. The molecule has 0 spiro atoms. The van der Waals surface area contributed by atoms with Gasteiger partial charge >= 0.3 is 0 Å². The van der Waals surface area contributed by atoms with Crippen molar-refractivity contribution in [3.05, 3.63) is 48.5 Å². The lowest BCUT2D eigenvalue weighted by atomic mass is 10.1. The highest BCUT2D eigenvalue weighted by atomic mass is 32.2. The van der Waals surface area contributed by atoms with Crippen molar-refractivity contribution in [1.29, 1.82) is 0 Å². The molecule has 0 aromatic carbocycles. The number of rotatable bonds is 6. The van der Waals surface area contributed by atoms with E-state index in [1.54, 1.807) is 24.7 Å². The Balaban J connectivity index is 1.75. The van der Waals surface area contributed by atoms with Crippen molar-refractivity contribution < 1.29 is 13.3 Å². The molecule has 3 aromatic rings. The van der Waals surface area contributed by atoms with Gasteiger partial charge in [-0.1, -0.05) is 12.1 Å². The maximum Gasteiger partial charge on any atom is 0.232 e. The third-order valence-corrected chi connectivity index (χ3v) is 6.75. The second-order valence-electron chi connectivity index (χ2n) is 6.79. The van der Waals surface area contributed by atoms with E-state index in [-0.39, 0.29) is 0 Å². The zero-order chi connectivity index (χ0) is 21.1. The van der Waals surface area contributed by atoms with Gasteiger partial charge in [-0.15, -0.1) is 11.3 Å². The number of aromatic nitrogens is 3. The number of hydrogen-bond acceptors (Lipinski definition) is 8. The zero-order valence-corrected chi connectivity index (χ0v) is 18.3. The third kappa shape index (κ3) is 4.19. The van der Waals surface area contributed by atoms with Crippen LogP contribution in [0.4, 0.5) is 5.69 Å². The minimum absolute atomic E-state index is 0.312. The Morgan fingerprint density at radius 2 is 2.13 bits per heavy atom. The highest BCUT2D eigenvalue weighted by Gasteiger charge is 2.29. The monoisotopic (exact) mass is 443 g/mol. The molecule has 0 saturated heterocycles. The molecule has 4 rings (SSSR count). The highest BCUT2D eigenvalue weighted by Crippen LogP contribution is 2.34. The second kappa shape index (κ2) is 8.49. The molecule has 0 aliphatic carbocycles. The predicted octanol–water partition coefficient (Wildman–Crippen LogP) is 3.57. The molecule has 0 saturated carbocycles. The molecular weight excluding hydrogens is 422 g/mol. The van der Waals surface area contributed by atoms with Gasteiger partial charge < -0.3 is 4.84 Å². The number of nitrogens with zero attached hydrogens (tertiary/aromatic N) is 5. The van der Waals surface area contributed by atoms with Gasteiger partial charge in [0.2, 0.25) is 10.0 Å². The molecule has 0 radical (unpaired) electrons. The van der Waals surface area contributed by atoms with Crippen LogP contribution in [0.3, 0.4) is 0 Å². The Bertz CT molecular complexity index is 1180. The first-order valence-electron chi connectivity index (χ1n) is 9.52. The van der Waals surface area contributed by atoms with Crippen LogP contribution in [0.15, 0.2) is 48.0 Å². The highest BCUT2D eigenvalue weighted by molar-refractivity contribution is 7.92. The Labute approximate surface area is 179 Å². The van der Waals surface area contributed by atoms with Crippen LogP contribution in [0.25, 0.3) is 21.1 Å². The van der Waals surface area contributed by atoms with Crippen LogP contribution < -0.4 is 4.31 Å². The molecule has 10 heteroatoms. The van der Waals surface area contributed by atoms with Gasteiger partial charge in [-0.05, 0) is 30.7 Å². The summed E-state index contributed by atoms with van der Waals surface area (Å²) < 4.78 is 25.9. The molecule has 3 aromatic heterocycles. The van der Waals surface area contributed by atoms with Crippen LogP contribution in [-0.2, 0) is 14.9 Å². The van der Waals surface area contributed by atoms with E-state index in [4.69, 9.17) is 9.82 Å². The summed E-state index contributed by atoms with van der Waals surface area (Å²) in [5.41, 5.74) is 3.34. The van der Waals surface area contributed by atoms with Crippen molar-refractivity contribution in [2.45, 2.75) is 19.8 Å². The molecule has 0 bridgehead atoms. The molecule has 156 valence electrons. The van der Waals surface area contributed by atoms with Crippen molar-refractivity contribution in [1.82, 2.24) is 15.0 Å². The topological polar surface area (TPSA) is 97.6 Å². The fourth-order valence-corrected chi connectivity index (χ4v) is 4.92. The van der Waals surface area contributed by atoms with Crippen LogP contribution in [0.5, 0.6) is 0 Å². The van der Waals surface area contributed by atoms with Crippen LogP contribution >= 0.6 is 11.3 Å². The molecule has 4 heterocycles. The molecule has 1 aliphatic rings. The molecule has 0 amide bonds. The van der Waals surface area contributed by atoms with Crippen LogP contribution in [0.1, 0.15) is 25.5 Å². The lowest BCUT2D eigenvalue weighted by molar-refractivity contribution is 0.144. The molecular formula is C20H21N5O3S2. The van der Waals surface area contributed by atoms with E-state index in [9.17, 15) is 8.42 Å².